The Bertz CT molecular complexity index is 1320. The van der Waals surface area contributed by atoms with Crippen molar-refractivity contribution in [1.29, 1.82) is 0 Å². The van der Waals surface area contributed by atoms with Crippen LogP contribution in [0, 0.1) is 15.9 Å². The number of rotatable bonds is 8. The summed E-state index contributed by atoms with van der Waals surface area (Å²) in [7, 11) is 0. The Morgan fingerprint density at radius 3 is 2.65 bits per heavy atom. The van der Waals surface area contributed by atoms with Crippen LogP contribution in [-0.2, 0) is 13.2 Å². The first-order valence-electron chi connectivity index (χ1n) is 10.1. The van der Waals surface area contributed by atoms with Crippen LogP contribution in [-0.4, -0.2) is 20.6 Å². The fourth-order valence-electron chi connectivity index (χ4n) is 3.20. The van der Waals surface area contributed by atoms with Crippen LogP contribution in [0.25, 0.3) is 0 Å². The van der Waals surface area contributed by atoms with E-state index in [4.69, 9.17) is 16.3 Å². The summed E-state index contributed by atoms with van der Waals surface area (Å²) in [5.41, 5.74) is 1.90. The molecule has 8 nitrogen and oxygen atoms in total. The molecule has 0 spiro atoms. The minimum atomic E-state index is -0.481. The number of non-ortho nitro benzene ring substituents is 1. The molecule has 1 amide bonds. The minimum Gasteiger partial charge on any atom is -0.489 e. The Morgan fingerprint density at radius 2 is 1.91 bits per heavy atom. The lowest BCUT2D eigenvalue weighted by atomic mass is 10.1. The maximum Gasteiger partial charge on any atom is 0.269 e. The highest BCUT2D eigenvalue weighted by Gasteiger charge is 2.12. The number of carbonyl (C=O) groups excluding carboxylic acids is 1. The van der Waals surface area contributed by atoms with E-state index in [0.717, 1.165) is 5.56 Å². The number of hydrogen-bond acceptors (Lipinski definition) is 5. The number of nitrogens with one attached hydrogen (secondary N) is 1. The molecule has 34 heavy (non-hydrogen) atoms. The summed E-state index contributed by atoms with van der Waals surface area (Å²) in [4.78, 5) is 22.9. The quantitative estimate of drug-likeness (QED) is 0.266. The zero-order chi connectivity index (χ0) is 24.1. The van der Waals surface area contributed by atoms with E-state index < -0.39 is 10.7 Å². The van der Waals surface area contributed by atoms with Gasteiger partial charge in [-0.1, -0.05) is 29.8 Å². The van der Waals surface area contributed by atoms with Crippen LogP contribution in [0.5, 0.6) is 5.75 Å². The average molecular weight is 481 g/mol. The second-order valence-electron chi connectivity index (χ2n) is 7.32. The molecule has 4 rings (SSSR count). The molecule has 4 aromatic rings. The molecule has 0 bridgehead atoms. The summed E-state index contributed by atoms with van der Waals surface area (Å²) in [6.07, 6.45) is 3.05. The van der Waals surface area contributed by atoms with Gasteiger partial charge in [-0.25, -0.2) is 4.39 Å². The van der Waals surface area contributed by atoms with Crippen LogP contribution in [0.3, 0.4) is 0 Å². The zero-order valence-electron chi connectivity index (χ0n) is 17.7. The van der Waals surface area contributed by atoms with Gasteiger partial charge in [0.05, 0.1) is 23.4 Å². The molecule has 0 saturated carbocycles. The minimum absolute atomic E-state index is 0.0219. The highest BCUT2D eigenvalue weighted by molar-refractivity contribution is 6.31. The van der Waals surface area contributed by atoms with Gasteiger partial charge < -0.3 is 10.1 Å². The molecule has 1 heterocycles. The van der Waals surface area contributed by atoms with Gasteiger partial charge in [0.15, 0.2) is 0 Å². The van der Waals surface area contributed by atoms with Crippen molar-refractivity contribution in [3.63, 3.8) is 0 Å². The fraction of sp³-hybridized carbons (Fsp3) is 0.0833. The molecule has 0 atom stereocenters. The second-order valence-corrected chi connectivity index (χ2v) is 7.73. The molecule has 0 fully saturated rings. The third-order valence-corrected chi connectivity index (χ3v) is 5.27. The lowest BCUT2D eigenvalue weighted by Gasteiger charge is -2.08. The molecular formula is C24H18ClFN4O4. The molecule has 10 heteroatoms. The van der Waals surface area contributed by atoms with Gasteiger partial charge in [0, 0.05) is 34.5 Å². The highest BCUT2D eigenvalue weighted by atomic mass is 35.5. The first kappa shape index (κ1) is 22.9. The van der Waals surface area contributed by atoms with E-state index in [1.54, 1.807) is 36.5 Å². The van der Waals surface area contributed by atoms with Gasteiger partial charge in [0.2, 0.25) is 0 Å². The smallest absolute Gasteiger partial charge is 0.269 e. The molecule has 1 aromatic heterocycles. The Hall–Kier alpha value is -4.24. The summed E-state index contributed by atoms with van der Waals surface area (Å²) in [5.74, 6) is -0.301. The van der Waals surface area contributed by atoms with E-state index in [0.29, 0.717) is 27.6 Å². The van der Waals surface area contributed by atoms with Gasteiger partial charge in [0.25, 0.3) is 11.6 Å². The van der Waals surface area contributed by atoms with E-state index >= 15 is 0 Å². The van der Waals surface area contributed by atoms with Crippen molar-refractivity contribution in [1.82, 2.24) is 9.78 Å². The number of hydrogen-bond donors (Lipinski definition) is 1. The van der Waals surface area contributed by atoms with Crippen LogP contribution in [0.1, 0.15) is 21.5 Å². The van der Waals surface area contributed by atoms with Gasteiger partial charge in [-0.15, -0.1) is 0 Å². The number of aromatic nitrogens is 2. The summed E-state index contributed by atoms with van der Waals surface area (Å²) in [6.45, 7) is 0.303. The summed E-state index contributed by atoms with van der Waals surface area (Å²) in [6, 6.07) is 17.1. The van der Waals surface area contributed by atoms with Crippen molar-refractivity contribution in [2.24, 2.45) is 0 Å². The van der Waals surface area contributed by atoms with Gasteiger partial charge >= 0.3 is 0 Å². The number of anilines is 1. The van der Waals surface area contributed by atoms with Crippen molar-refractivity contribution in [3.05, 3.63) is 117 Å². The Morgan fingerprint density at radius 1 is 1.15 bits per heavy atom. The number of carbonyl (C=O) groups is 1. The molecule has 1 N–H and O–H groups in total. The third kappa shape index (κ3) is 5.57. The van der Waals surface area contributed by atoms with Crippen LogP contribution in [0.15, 0.2) is 79.1 Å². The standard InChI is InChI=1S/C24H18ClFN4O4/c25-22-5-2-6-23(26)21(22)14-29-13-18(12-27-29)28-24(31)17-4-1-3-16(11-17)15-34-20-9-7-19(8-10-20)30(32)33/h1-13H,14-15H2,(H,28,31). The van der Waals surface area contributed by atoms with Crippen LogP contribution < -0.4 is 10.1 Å². The lowest BCUT2D eigenvalue weighted by Crippen LogP contribution is -2.12. The topological polar surface area (TPSA) is 99.3 Å². The predicted octanol–water partition coefficient (Wildman–Crippen LogP) is 5.46. The summed E-state index contributed by atoms with van der Waals surface area (Å²) < 4.78 is 21.1. The summed E-state index contributed by atoms with van der Waals surface area (Å²) in [5, 5.41) is 17.9. The zero-order valence-corrected chi connectivity index (χ0v) is 18.4. The molecule has 0 aliphatic heterocycles. The monoisotopic (exact) mass is 480 g/mol. The Balaban J connectivity index is 1.37. The molecule has 3 aromatic carbocycles. The number of benzene rings is 3. The molecular weight excluding hydrogens is 463 g/mol. The second kappa shape index (κ2) is 10.1. The Labute approximate surface area is 198 Å². The predicted molar refractivity (Wildman–Crippen MR) is 125 cm³/mol. The molecule has 0 radical (unpaired) electrons. The van der Waals surface area contributed by atoms with Crippen LogP contribution >= 0.6 is 11.6 Å². The molecule has 172 valence electrons. The largest absolute Gasteiger partial charge is 0.489 e. The van der Waals surface area contributed by atoms with Gasteiger partial charge in [-0.2, -0.15) is 5.10 Å². The number of nitrogens with zero attached hydrogens (tertiary/aromatic N) is 3. The first-order chi connectivity index (χ1) is 16.4. The van der Waals surface area contributed by atoms with E-state index in [1.165, 1.54) is 47.3 Å². The van der Waals surface area contributed by atoms with Crippen molar-refractivity contribution in [3.8, 4) is 5.75 Å². The van der Waals surface area contributed by atoms with E-state index in [-0.39, 0.29) is 24.7 Å². The molecule has 0 saturated heterocycles. The maximum absolute atomic E-state index is 14.0. The van der Waals surface area contributed by atoms with Crippen molar-refractivity contribution >= 4 is 28.9 Å². The number of ether oxygens (including phenoxy) is 1. The van der Waals surface area contributed by atoms with Gasteiger partial charge in [0.1, 0.15) is 18.2 Å². The van der Waals surface area contributed by atoms with Gasteiger partial charge in [-0.3, -0.25) is 19.6 Å². The normalized spacial score (nSPS) is 10.6. The van der Waals surface area contributed by atoms with Crippen LogP contribution in [0.4, 0.5) is 15.8 Å². The number of nitro groups is 1. The number of amides is 1. The van der Waals surface area contributed by atoms with Gasteiger partial charge in [-0.05, 0) is 42.0 Å². The van der Waals surface area contributed by atoms with E-state index in [1.807, 2.05) is 0 Å². The number of halogens is 2. The van der Waals surface area contributed by atoms with Crippen molar-refractivity contribution in [2.75, 3.05) is 5.32 Å². The van der Waals surface area contributed by atoms with Crippen LogP contribution in [0.2, 0.25) is 5.02 Å². The molecule has 0 unspecified atom stereocenters. The lowest BCUT2D eigenvalue weighted by molar-refractivity contribution is -0.384. The maximum atomic E-state index is 14.0. The van der Waals surface area contributed by atoms with Crippen molar-refractivity contribution in [2.45, 2.75) is 13.2 Å². The number of nitro benzene ring substituents is 1. The van der Waals surface area contributed by atoms with Crippen molar-refractivity contribution < 1.29 is 18.8 Å². The highest BCUT2D eigenvalue weighted by Crippen LogP contribution is 2.21. The molecule has 0 aliphatic carbocycles. The van der Waals surface area contributed by atoms with E-state index in [9.17, 15) is 19.3 Å². The van der Waals surface area contributed by atoms with E-state index in [2.05, 4.69) is 10.4 Å². The third-order valence-electron chi connectivity index (χ3n) is 4.92. The average Bonchev–Trinajstić information content (AvgIpc) is 3.27. The summed E-state index contributed by atoms with van der Waals surface area (Å²) >= 11 is 6.06. The molecule has 0 aliphatic rings. The SMILES string of the molecule is O=C(Nc1cnn(Cc2c(F)cccc2Cl)c1)c1cccc(COc2ccc([N+](=O)[O-])cc2)c1. The first-order valence-corrected chi connectivity index (χ1v) is 10.5. The Kier molecular flexibility index (Phi) is 6.84. The fourth-order valence-corrected chi connectivity index (χ4v) is 3.42.